The molecule has 0 aromatic rings. The van der Waals surface area contributed by atoms with Crippen molar-refractivity contribution in [1.82, 2.24) is 6.15 Å². The van der Waals surface area contributed by atoms with E-state index in [1.54, 1.807) is 0 Å². The largest absolute Gasteiger partial charge is 0.412 e. The van der Waals surface area contributed by atoms with Crippen LogP contribution in [0.15, 0.2) is 0 Å². The third-order valence-corrected chi connectivity index (χ3v) is 0. The molecule has 0 bridgehead atoms. The summed E-state index contributed by atoms with van der Waals surface area (Å²) in [6.45, 7) is 0. The minimum atomic E-state index is 0. The molecule has 0 amide bonds. The lowest BCUT2D eigenvalue weighted by Gasteiger charge is -0.413. The van der Waals surface area contributed by atoms with Crippen molar-refractivity contribution in [3.63, 3.8) is 0 Å². The summed E-state index contributed by atoms with van der Waals surface area (Å²) >= 11 is 0. The first-order valence-corrected chi connectivity index (χ1v) is 0. The quantitative estimate of drug-likeness (QED) is 0.312. The van der Waals surface area contributed by atoms with Gasteiger partial charge < -0.3 is 22.6 Å². The molecule has 0 saturated heterocycles. The van der Waals surface area contributed by atoms with Crippen molar-refractivity contribution in [3.05, 3.63) is 0 Å². The highest BCUT2D eigenvalue weighted by atomic mass is 27.0. The molecule has 0 saturated carbocycles. The van der Waals surface area contributed by atoms with E-state index in [1.807, 2.05) is 0 Å². The fourth-order valence-electron chi connectivity index (χ4n) is 0. The van der Waals surface area contributed by atoms with Crippen molar-refractivity contribution in [2.45, 2.75) is 0 Å². The van der Waals surface area contributed by atoms with Crippen LogP contribution >= 0.6 is 0 Å². The molecular formula is H12AlNO3. The first kappa shape index (κ1) is 740. The van der Waals surface area contributed by atoms with Gasteiger partial charge in [0.15, 0.2) is 17.4 Å². The van der Waals surface area contributed by atoms with E-state index in [0.717, 1.165) is 0 Å². The lowest BCUT2D eigenvalue weighted by Crippen LogP contribution is -0.481. The monoisotopic (exact) mass is 101 g/mol. The summed E-state index contributed by atoms with van der Waals surface area (Å²) in [5, 5.41) is 0. The third kappa shape index (κ3) is 177. The van der Waals surface area contributed by atoms with Gasteiger partial charge in [0.25, 0.3) is 0 Å². The van der Waals surface area contributed by atoms with Crippen molar-refractivity contribution in [2.24, 2.45) is 0 Å². The Morgan fingerprint density at radius 2 is 0.600 bits per heavy atom. The summed E-state index contributed by atoms with van der Waals surface area (Å²) < 4.78 is 0. The van der Waals surface area contributed by atoms with E-state index in [0.29, 0.717) is 0 Å². The molecular weight excluding hydrogens is 89.0 g/mol. The van der Waals surface area contributed by atoms with Gasteiger partial charge in [-0.05, 0) is 0 Å². The molecule has 0 heterocycles. The van der Waals surface area contributed by atoms with Crippen LogP contribution in [0.5, 0.6) is 0 Å². The molecule has 4 nitrogen and oxygen atoms in total. The molecule has 0 unspecified atom stereocenters. The van der Waals surface area contributed by atoms with Crippen LogP contribution in [-0.2, 0) is 0 Å². The summed E-state index contributed by atoms with van der Waals surface area (Å²) in [7, 11) is 0. The first-order valence-electron chi connectivity index (χ1n) is 0. The smallest absolute Gasteiger partial charge is 0.187 e. The first-order chi connectivity index (χ1) is 0. The summed E-state index contributed by atoms with van der Waals surface area (Å²) in [6.07, 6.45) is 0. The molecule has 0 aliphatic rings. The molecule has 0 atom stereocenters. The standard InChI is InChI=1S/Al.H3N.3H2O.3H/h;1H3;3*1H2;;;. The van der Waals surface area contributed by atoms with Crippen molar-refractivity contribution in [2.75, 3.05) is 0 Å². The Bertz CT molecular complexity index is 6.85. The number of hydrogen-bond acceptors (Lipinski definition) is 1. The molecule has 0 rings (SSSR count). The molecule has 0 fully saturated rings. The predicted molar refractivity (Wildman–Crippen MR) is 25.8 cm³/mol. The van der Waals surface area contributed by atoms with E-state index in [-0.39, 0.29) is 39.9 Å². The molecule has 0 radical (unpaired) electrons. The fraction of sp³-hybridized carbons (Fsp3) is 0. The van der Waals surface area contributed by atoms with E-state index < -0.39 is 0 Å². The van der Waals surface area contributed by atoms with Gasteiger partial charge in [0.1, 0.15) is 0 Å². The van der Waals surface area contributed by atoms with E-state index in [9.17, 15) is 0 Å². The molecule has 9 N–H and O–H groups in total. The predicted octanol–water partition coefficient (Wildman–Crippen LogP) is -3.50. The van der Waals surface area contributed by atoms with Crippen molar-refractivity contribution in [3.8, 4) is 0 Å². The van der Waals surface area contributed by atoms with E-state index in [1.165, 1.54) is 0 Å². The molecule has 0 aliphatic heterocycles. The SMILES string of the molecule is N.O.O.O.[AlH3]. The van der Waals surface area contributed by atoms with Gasteiger partial charge in [-0.15, -0.1) is 0 Å². The molecule has 5 heavy (non-hydrogen) atoms. The van der Waals surface area contributed by atoms with Crippen LogP contribution < -0.4 is 6.15 Å². The van der Waals surface area contributed by atoms with E-state index in [2.05, 4.69) is 0 Å². The van der Waals surface area contributed by atoms with Gasteiger partial charge in [0, 0.05) is 0 Å². The zero-order valence-corrected chi connectivity index (χ0v) is 2.21. The van der Waals surface area contributed by atoms with Crippen molar-refractivity contribution < 1.29 is 16.4 Å². The number of hydrogen-bond donors (Lipinski definition) is 1. The fourth-order valence-corrected chi connectivity index (χ4v) is 0. The Labute approximate surface area is 40.8 Å². The second kappa shape index (κ2) is 358. The number of rotatable bonds is 0. The van der Waals surface area contributed by atoms with Crippen LogP contribution in [0.4, 0.5) is 0 Å². The van der Waals surface area contributed by atoms with Gasteiger partial charge in [0.2, 0.25) is 0 Å². The van der Waals surface area contributed by atoms with Gasteiger partial charge >= 0.3 is 0 Å². The molecule has 0 aromatic heterocycles. The minimum absolute atomic E-state index is 0. The highest BCUT2D eigenvalue weighted by molar-refractivity contribution is 5.75. The minimum Gasteiger partial charge on any atom is -0.412 e. The Kier molecular flexibility index (Phi) is 53100. The lowest BCUT2D eigenvalue weighted by atomic mass is 14.0. The zero-order chi connectivity index (χ0) is 0. The molecule has 38 valence electrons. The molecule has 5 heteroatoms. The maximum absolute atomic E-state index is 0. The normalized spacial score (nSPS) is 0. The van der Waals surface area contributed by atoms with Crippen LogP contribution in [0.2, 0.25) is 0 Å². The van der Waals surface area contributed by atoms with Gasteiger partial charge in [-0.25, -0.2) is 0 Å². The van der Waals surface area contributed by atoms with Crippen LogP contribution in [0.1, 0.15) is 0 Å². The lowest BCUT2D eigenvalue weighted by molar-refractivity contribution is 0.823. The average molecular weight is 101 g/mol. The van der Waals surface area contributed by atoms with Gasteiger partial charge in [-0.3, -0.25) is 0 Å². The second-order valence-corrected chi connectivity index (χ2v) is 0. The highest BCUT2D eigenvalue weighted by Crippen LogP contribution is -0.287. The maximum atomic E-state index is 0. The van der Waals surface area contributed by atoms with Crippen LogP contribution in [0.25, 0.3) is 0 Å². The molecule has 0 spiro atoms. The summed E-state index contributed by atoms with van der Waals surface area (Å²) in [5.41, 5.74) is 0. The Morgan fingerprint density at radius 3 is 0.600 bits per heavy atom. The van der Waals surface area contributed by atoms with E-state index >= 15 is 0 Å². The van der Waals surface area contributed by atoms with Crippen molar-refractivity contribution >= 4 is 17.4 Å². The zero-order valence-electron chi connectivity index (χ0n) is 2.21. The Balaban J connectivity index is 0. The van der Waals surface area contributed by atoms with E-state index in [4.69, 9.17) is 0 Å². The van der Waals surface area contributed by atoms with Crippen molar-refractivity contribution in [1.29, 1.82) is 0 Å². The molecule has 0 aromatic carbocycles. The van der Waals surface area contributed by atoms with Gasteiger partial charge in [-0.2, -0.15) is 0 Å². The van der Waals surface area contributed by atoms with Crippen LogP contribution in [0.3, 0.4) is 0 Å². The summed E-state index contributed by atoms with van der Waals surface area (Å²) in [5.74, 6) is 0. The summed E-state index contributed by atoms with van der Waals surface area (Å²) in [4.78, 5) is 0. The summed E-state index contributed by atoms with van der Waals surface area (Å²) in [6, 6.07) is 0. The van der Waals surface area contributed by atoms with Gasteiger partial charge in [-0.1, -0.05) is 0 Å². The highest BCUT2D eigenvalue weighted by Gasteiger charge is 0.187. The third-order valence-electron chi connectivity index (χ3n) is 0. The van der Waals surface area contributed by atoms with Gasteiger partial charge in [0.05, 0.1) is 0 Å². The maximum Gasteiger partial charge on any atom is 0.187 e. The molecule has 0 aliphatic carbocycles. The Morgan fingerprint density at radius 1 is 0.600 bits per heavy atom. The Hall–Kier alpha value is 0.372. The topological polar surface area (TPSA) is 130 Å². The van der Waals surface area contributed by atoms with Crippen LogP contribution in [0, 0.1) is 0 Å². The average Bonchev–Trinajstić information content (AvgIpc) is 0. The van der Waals surface area contributed by atoms with Crippen LogP contribution in [-0.4, -0.2) is 33.8 Å². The second-order valence-electron chi connectivity index (χ2n) is 0.